The Morgan fingerprint density at radius 3 is 1.88 bits per heavy atom. The van der Waals surface area contributed by atoms with E-state index in [1.54, 1.807) is 0 Å². The van der Waals surface area contributed by atoms with Gasteiger partial charge in [0.15, 0.2) is 0 Å². The molecule has 0 saturated heterocycles. The van der Waals surface area contributed by atoms with Crippen LogP contribution in [0.4, 0.5) is 0 Å². The molecule has 0 aliphatic heterocycles. The molecule has 88 valence electrons. The minimum Gasteiger partial charge on any atom is -0.465 e. The Kier molecular flexibility index (Phi) is 4.07. The molecule has 0 spiro atoms. The topological polar surface area (TPSA) is 76.4 Å². The van der Waals surface area contributed by atoms with Gasteiger partial charge in [0.2, 0.25) is 0 Å². The van der Waals surface area contributed by atoms with Gasteiger partial charge >= 0.3 is 11.9 Å². The average molecular weight is 254 g/mol. The lowest BCUT2D eigenvalue weighted by atomic mass is 10.1. The minimum atomic E-state index is -0.725. The first-order valence-electron chi connectivity index (χ1n) is 4.45. The van der Waals surface area contributed by atoms with Gasteiger partial charge in [-0.1, -0.05) is 11.6 Å². The highest BCUT2D eigenvalue weighted by Gasteiger charge is 2.20. The molecule has 0 aliphatic carbocycles. The molecule has 6 heteroatoms. The van der Waals surface area contributed by atoms with E-state index in [-0.39, 0.29) is 21.7 Å². The average Bonchev–Trinajstić information content (AvgIpc) is 2.37. The van der Waals surface area contributed by atoms with Gasteiger partial charge in [-0.15, -0.1) is 0 Å². The highest BCUT2D eigenvalue weighted by atomic mass is 35.5. The Balaban J connectivity index is 3.47. The monoisotopic (exact) mass is 253 g/mol. The summed E-state index contributed by atoms with van der Waals surface area (Å²) in [6.07, 6.45) is 0. The van der Waals surface area contributed by atoms with Crippen molar-refractivity contribution < 1.29 is 19.1 Å². The van der Waals surface area contributed by atoms with E-state index in [0.29, 0.717) is 0 Å². The van der Waals surface area contributed by atoms with Crippen molar-refractivity contribution in [1.82, 2.24) is 0 Å². The lowest BCUT2D eigenvalue weighted by molar-refractivity contribution is 0.0599. The van der Waals surface area contributed by atoms with Crippen LogP contribution in [0.25, 0.3) is 0 Å². The first kappa shape index (κ1) is 13.0. The Morgan fingerprint density at radius 2 is 1.59 bits per heavy atom. The molecule has 1 aromatic carbocycles. The summed E-state index contributed by atoms with van der Waals surface area (Å²) in [6.45, 7) is 0. The van der Waals surface area contributed by atoms with Gasteiger partial charge in [-0.25, -0.2) is 9.59 Å². The van der Waals surface area contributed by atoms with Gasteiger partial charge in [0.05, 0.1) is 42.0 Å². The molecule has 17 heavy (non-hydrogen) atoms. The van der Waals surface area contributed by atoms with Gasteiger partial charge in [-0.2, -0.15) is 5.26 Å². The largest absolute Gasteiger partial charge is 0.465 e. The summed E-state index contributed by atoms with van der Waals surface area (Å²) in [5.74, 6) is -1.45. The maximum Gasteiger partial charge on any atom is 0.339 e. The van der Waals surface area contributed by atoms with Crippen LogP contribution < -0.4 is 0 Å². The summed E-state index contributed by atoms with van der Waals surface area (Å²) in [4.78, 5) is 22.8. The number of carbonyl (C=O) groups is 2. The Bertz CT molecular complexity index is 482. The number of hydrogen-bond acceptors (Lipinski definition) is 5. The SMILES string of the molecule is COC(=O)c1cc(C#N)cc(C(=O)OC)c1Cl. The molecule has 0 bridgehead atoms. The van der Waals surface area contributed by atoms with E-state index in [1.165, 1.54) is 26.4 Å². The van der Waals surface area contributed by atoms with Crippen molar-refractivity contribution in [2.24, 2.45) is 0 Å². The van der Waals surface area contributed by atoms with Gasteiger partial charge in [-0.3, -0.25) is 0 Å². The Labute approximate surface area is 103 Å². The molecule has 0 aliphatic rings. The predicted molar refractivity (Wildman–Crippen MR) is 58.8 cm³/mol. The van der Waals surface area contributed by atoms with Crippen molar-refractivity contribution in [3.63, 3.8) is 0 Å². The summed E-state index contributed by atoms with van der Waals surface area (Å²) in [7, 11) is 2.35. The molecule has 0 amide bonds. The van der Waals surface area contributed by atoms with Crippen molar-refractivity contribution in [3.8, 4) is 6.07 Å². The van der Waals surface area contributed by atoms with Crippen LogP contribution >= 0.6 is 11.6 Å². The molecule has 0 unspecified atom stereocenters. The first-order chi connectivity index (χ1) is 8.04. The van der Waals surface area contributed by atoms with E-state index < -0.39 is 11.9 Å². The van der Waals surface area contributed by atoms with E-state index in [9.17, 15) is 9.59 Å². The van der Waals surface area contributed by atoms with Crippen molar-refractivity contribution in [3.05, 3.63) is 33.8 Å². The Morgan fingerprint density at radius 1 is 1.18 bits per heavy atom. The summed E-state index contributed by atoms with van der Waals surface area (Å²) < 4.78 is 9.00. The molecule has 5 nitrogen and oxygen atoms in total. The fourth-order valence-corrected chi connectivity index (χ4v) is 1.47. The third kappa shape index (κ3) is 2.55. The Hall–Kier alpha value is -2.06. The second-order valence-corrected chi connectivity index (χ2v) is 3.36. The van der Waals surface area contributed by atoms with Crippen LogP contribution in [0.3, 0.4) is 0 Å². The molecule has 0 N–H and O–H groups in total. The lowest BCUT2D eigenvalue weighted by Crippen LogP contribution is -2.09. The second-order valence-electron chi connectivity index (χ2n) is 2.98. The van der Waals surface area contributed by atoms with E-state index in [0.717, 1.165) is 0 Å². The summed E-state index contributed by atoms with van der Waals surface area (Å²) in [5, 5.41) is 8.69. The van der Waals surface area contributed by atoms with Crippen molar-refractivity contribution in [1.29, 1.82) is 5.26 Å². The van der Waals surface area contributed by atoms with Crippen LogP contribution in [0.15, 0.2) is 12.1 Å². The standard InChI is InChI=1S/C11H8ClNO4/c1-16-10(14)7-3-6(5-13)4-8(9(7)12)11(15)17-2/h3-4H,1-2H3. The van der Waals surface area contributed by atoms with Crippen LogP contribution in [0.2, 0.25) is 5.02 Å². The molecule has 0 radical (unpaired) electrons. The summed E-state index contributed by atoms with van der Waals surface area (Å²) in [5.41, 5.74) is 0.0254. The quantitative estimate of drug-likeness (QED) is 0.751. The van der Waals surface area contributed by atoms with E-state index in [4.69, 9.17) is 16.9 Å². The van der Waals surface area contributed by atoms with Crippen LogP contribution in [0, 0.1) is 11.3 Å². The fraction of sp³-hybridized carbons (Fsp3) is 0.182. The van der Waals surface area contributed by atoms with Gasteiger partial charge in [0.1, 0.15) is 0 Å². The van der Waals surface area contributed by atoms with Crippen LogP contribution in [-0.4, -0.2) is 26.2 Å². The van der Waals surface area contributed by atoms with Crippen LogP contribution in [0.1, 0.15) is 26.3 Å². The molecule has 1 rings (SSSR count). The maximum absolute atomic E-state index is 11.4. The van der Waals surface area contributed by atoms with Crippen molar-refractivity contribution in [2.45, 2.75) is 0 Å². The number of carbonyl (C=O) groups excluding carboxylic acids is 2. The zero-order valence-corrected chi connectivity index (χ0v) is 9.87. The number of methoxy groups -OCH3 is 2. The first-order valence-corrected chi connectivity index (χ1v) is 4.83. The van der Waals surface area contributed by atoms with Crippen LogP contribution in [-0.2, 0) is 9.47 Å². The summed E-state index contributed by atoms with van der Waals surface area (Å²) in [6, 6.07) is 4.32. The number of nitriles is 1. The number of esters is 2. The van der Waals surface area contributed by atoms with Gasteiger partial charge < -0.3 is 9.47 Å². The number of hydrogen-bond donors (Lipinski definition) is 0. The highest BCUT2D eigenvalue weighted by Crippen LogP contribution is 2.24. The summed E-state index contributed by atoms with van der Waals surface area (Å²) >= 11 is 5.87. The number of ether oxygens (including phenoxy) is 2. The van der Waals surface area contributed by atoms with Crippen molar-refractivity contribution >= 4 is 23.5 Å². The van der Waals surface area contributed by atoms with E-state index in [2.05, 4.69) is 9.47 Å². The molecule has 0 heterocycles. The predicted octanol–water partition coefficient (Wildman–Crippen LogP) is 1.78. The normalized spacial score (nSPS) is 9.29. The van der Waals surface area contributed by atoms with E-state index >= 15 is 0 Å². The zero-order chi connectivity index (χ0) is 13.0. The van der Waals surface area contributed by atoms with E-state index in [1.807, 2.05) is 6.07 Å². The molecule has 0 aromatic heterocycles. The van der Waals surface area contributed by atoms with Gasteiger partial charge in [0, 0.05) is 0 Å². The van der Waals surface area contributed by atoms with Crippen molar-refractivity contribution in [2.75, 3.05) is 14.2 Å². The highest BCUT2D eigenvalue weighted by molar-refractivity contribution is 6.36. The minimum absolute atomic E-state index is 0.0476. The number of nitrogens with zero attached hydrogens (tertiary/aromatic N) is 1. The number of rotatable bonds is 2. The van der Waals surface area contributed by atoms with Gasteiger partial charge in [-0.05, 0) is 12.1 Å². The zero-order valence-electron chi connectivity index (χ0n) is 9.11. The molecule has 1 aromatic rings. The maximum atomic E-state index is 11.4. The smallest absolute Gasteiger partial charge is 0.339 e. The third-order valence-corrected chi connectivity index (χ3v) is 2.42. The molecular weight excluding hydrogens is 246 g/mol. The second kappa shape index (κ2) is 5.32. The van der Waals surface area contributed by atoms with Gasteiger partial charge in [0.25, 0.3) is 0 Å². The number of halogens is 1. The fourth-order valence-electron chi connectivity index (χ4n) is 1.21. The molecule has 0 fully saturated rings. The number of benzene rings is 1. The van der Waals surface area contributed by atoms with Crippen LogP contribution in [0.5, 0.6) is 0 Å². The molecular formula is C11H8ClNO4. The molecule has 0 saturated carbocycles. The lowest BCUT2D eigenvalue weighted by Gasteiger charge is -2.07. The third-order valence-electron chi connectivity index (χ3n) is 2.01. The molecule has 0 atom stereocenters.